The second-order valence-corrected chi connectivity index (χ2v) is 2.97. The number of rotatable bonds is 3. The number of carboxylic acids is 2. The molecule has 0 heterocycles. The van der Waals surface area contributed by atoms with E-state index in [1.54, 1.807) is 25.1 Å². The SMILES string of the molecule is Cc1ccccc1C(C(=O)O)C(=O)O. The zero-order chi connectivity index (χ0) is 10.7. The average Bonchev–Trinajstić information content (AvgIpc) is 2.07. The Kier molecular flexibility index (Phi) is 2.86. The molecule has 0 aromatic heterocycles. The van der Waals surface area contributed by atoms with Crippen LogP contribution in [-0.4, -0.2) is 22.2 Å². The molecule has 0 aliphatic carbocycles. The zero-order valence-electron chi connectivity index (χ0n) is 7.60. The monoisotopic (exact) mass is 194 g/mol. The van der Waals surface area contributed by atoms with Crippen LogP contribution < -0.4 is 0 Å². The van der Waals surface area contributed by atoms with Crippen molar-refractivity contribution in [3.8, 4) is 0 Å². The molecule has 1 aromatic rings. The second kappa shape index (κ2) is 3.91. The summed E-state index contributed by atoms with van der Waals surface area (Å²) in [7, 11) is 0. The van der Waals surface area contributed by atoms with Gasteiger partial charge in [-0.05, 0) is 18.1 Å². The van der Waals surface area contributed by atoms with Crippen LogP contribution in [0.1, 0.15) is 17.0 Å². The Bertz CT molecular complexity index is 356. The van der Waals surface area contributed by atoms with Gasteiger partial charge in [0.1, 0.15) is 0 Å². The van der Waals surface area contributed by atoms with Crippen molar-refractivity contribution in [3.05, 3.63) is 35.4 Å². The minimum atomic E-state index is -1.48. The standard InChI is InChI=1S/C10H10O4/c1-6-4-2-3-5-7(6)8(9(11)12)10(13)14/h2-5,8H,1H3,(H,11,12)(H,13,14). The highest BCUT2D eigenvalue weighted by molar-refractivity contribution is 5.99. The Balaban J connectivity index is 3.18. The van der Waals surface area contributed by atoms with E-state index in [0.717, 1.165) is 0 Å². The Labute approximate surface area is 80.8 Å². The van der Waals surface area contributed by atoms with Gasteiger partial charge in [0, 0.05) is 0 Å². The van der Waals surface area contributed by atoms with Crippen LogP contribution in [0.5, 0.6) is 0 Å². The van der Waals surface area contributed by atoms with Crippen LogP contribution in [0.4, 0.5) is 0 Å². The first-order valence-corrected chi connectivity index (χ1v) is 4.05. The van der Waals surface area contributed by atoms with Crippen molar-refractivity contribution in [1.29, 1.82) is 0 Å². The Hall–Kier alpha value is -1.84. The molecule has 0 aliphatic rings. The second-order valence-electron chi connectivity index (χ2n) is 2.97. The highest BCUT2D eigenvalue weighted by atomic mass is 16.4. The number of aliphatic carboxylic acids is 2. The quantitative estimate of drug-likeness (QED) is 0.710. The highest BCUT2D eigenvalue weighted by Crippen LogP contribution is 2.20. The lowest BCUT2D eigenvalue weighted by Crippen LogP contribution is -2.21. The van der Waals surface area contributed by atoms with E-state index in [4.69, 9.17) is 10.2 Å². The number of carboxylic acid groups (broad SMARTS) is 2. The number of hydrogen-bond donors (Lipinski definition) is 2. The van der Waals surface area contributed by atoms with Gasteiger partial charge in [0.15, 0.2) is 5.92 Å². The third-order valence-corrected chi connectivity index (χ3v) is 1.99. The topological polar surface area (TPSA) is 74.6 Å². The van der Waals surface area contributed by atoms with Gasteiger partial charge < -0.3 is 10.2 Å². The predicted octanol–water partition coefficient (Wildman–Crippen LogP) is 1.25. The van der Waals surface area contributed by atoms with Crippen LogP contribution >= 0.6 is 0 Å². The van der Waals surface area contributed by atoms with Crippen LogP contribution in [0.25, 0.3) is 0 Å². The Morgan fingerprint density at radius 1 is 1.14 bits per heavy atom. The lowest BCUT2D eigenvalue weighted by Gasteiger charge is -2.09. The number of benzene rings is 1. The summed E-state index contributed by atoms with van der Waals surface area (Å²) in [6, 6.07) is 6.57. The fraction of sp³-hybridized carbons (Fsp3) is 0.200. The zero-order valence-corrected chi connectivity index (χ0v) is 7.60. The molecule has 0 radical (unpaired) electrons. The molecule has 0 bridgehead atoms. The van der Waals surface area contributed by atoms with Crippen LogP contribution in [0.15, 0.2) is 24.3 Å². The van der Waals surface area contributed by atoms with E-state index in [0.29, 0.717) is 11.1 Å². The van der Waals surface area contributed by atoms with Crippen molar-refractivity contribution in [1.82, 2.24) is 0 Å². The van der Waals surface area contributed by atoms with Crippen LogP contribution in [0.3, 0.4) is 0 Å². The van der Waals surface area contributed by atoms with Gasteiger partial charge in [0.25, 0.3) is 0 Å². The van der Waals surface area contributed by atoms with Gasteiger partial charge in [-0.25, -0.2) is 0 Å². The van der Waals surface area contributed by atoms with Crippen molar-refractivity contribution in [2.45, 2.75) is 12.8 Å². The van der Waals surface area contributed by atoms with E-state index in [-0.39, 0.29) is 0 Å². The van der Waals surface area contributed by atoms with E-state index in [9.17, 15) is 9.59 Å². The first-order chi connectivity index (χ1) is 6.54. The Morgan fingerprint density at radius 2 is 1.64 bits per heavy atom. The summed E-state index contributed by atoms with van der Waals surface area (Å²) in [5.74, 6) is -4.16. The maximum Gasteiger partial charge on any atom is 0.322 e. The Morgan fingerprint density at radius 3 is 2.07 bits per heavy atom. The van der Waals surface area contributed by atoms with Crippen molar-refractivity contribution in [2.75, 3.05) is 0 Å². The molecule has 4 heteroatoms. The maximum absolute atomic E-state index is 10.7. The van der Waals surface area contributed by atoms with E-state index in [2.05, 4.69) is 0 Å². The lowest BCUT2D eigenvalue weighted by molar-refractivity contribution is -0.150. The summed E-state index contributed by atoms with van der Waals surface area (Å²) in [4.78, 5) is 21.4. The van der Waals surface area contributed by atoms with E-state index >= 15 is 0 Å². The van der Waals surface area contributed by atoms with Gasteiger partial charge in [-0.2, -0.15) is 0 Å². The molecule has 1 rings (SSSR count). The van der Waals surface area contributed by atoms with Gasteiger partial charge in [-0.15, -0.1) is 0 Å². The molecule has 0 spiro atoms. The summed E-state index contributed by atoms with van der Waals surface area (Å²) in [6.07, 6.45) is 0. The molecule has 0 atom stereocenters. The van der Waals surface area contributed by atoms with Gasteiger partial charge in [-0.3, -0.25) is 9.59 Å². The molecule has 0 saturated carbocycles. The third kappa shape index (κ3) is 1.90. The molecular weight excluding hydrogens is 184 g/mol. The van der Waals surface area contributed by atoms with Crippen molar-refractivity contribution >= 4 is 11.9 Å². The summed E-state index contributed by atoms with van der Waals surface area (Å²) in [6.45, 7) is 1.69. The van der Waals surface area contributed by atoms with Crippen LogP contribution in [0, 0.1) is 6.92 Å². The first-order valence-electron chi connectivity index (χ1n) is 4.05. The van der Waals surface area contributed by atoms with Gasteiger partial charge in [0.05, 0.1) is 0 Å². The van der Waals surface area contributed by atoms with Crippen molar-refractivity contribution in [3.63, 3.8) is 0 Å². The first kappa shape index (κ1) is 10.2. The fourth-order valence-electron chi connectivity index (χ4n) is 1.28. The summed E-state index contributed by atoms with van der Waals surface area (Å²) >= 11 is 0. The number of carbonyl (C=O) groups is 2. The van der Waals surface area contributed by atoms with Gasteiger partial charge in [-0.1, -0.05) is 24.3 Å². The van der Waals surface area contributed by atoms with Crippen LogP contribution in [-0.2, 0) is 9.59 Å². The molecule has 4 nitrogen and oxygen atoms in total. The largest absolute Gasteiger partial charge is 0.480 e. The molecule has 0 saturated heterocycles. The molecule has 1 aromatic carbocycles. The van der Waals surface area contributed by atoms with E-state index in [1.807, 2.05) is 0 Å². The van der Waals surface area contributed by atoms with Crippen LogP contribution in [0.2, 0.25) is 0 Å². The average molecular weight is 194 g/mol. The van der Waals surface area contributed by atoms with Crippen molar-refractivity contribution in [2.24, 2.45) is 0 Å². The lowest BCUT2D eigenvalue weighted by atomic mass is 9.95. The summed E-state index contributed by atoms with van der Waals surface area (Å²) < 4.78 is 0. The smallest absolute Gasteiger partial charge is 0.322 e. The third-order valence-electron chi connectivity index (χ3n) is 1.99. The minimum absolute atomic E-state index is 0.326. The van der Waals surface area contributed by atoms with Crippen molar-refractivity contribution < 1.29 is 19.8 Å². The van der Waals surface area contributed by atoms with Gasteiger partial charge >= 0.3 is 11.9 Å². The predicted molar refractivity (Wildman–Crippen MR) is 49.2 cm³/mol. The van der Waals surface area contributed by atoms with E-state index in [1.165, 1.54) is 6.07 Å². The number of aryl methyl sites for hydroxylation is 1. The molecule has 0 amide bonds. The normalized spacial score (nSPS) is 10.1. The summed E-state index contributed by atoms with van der Waals surface area (Å²) in [5.41, 5.74) is 0.995. The minimum Gasteiger partial charge on any atom is -0.480 e. The highest BCUT2D eigenvalue weighted by Gasteiger charge is 2.28. The fourth-order valence-corrected chi connectivity index (χ4v) is 1.28. The molecule has 14 heavy (non-hydrogen) atoms. The molecular formula is C10H10O4. The maximum atomic E-state index is 10.7. The molecule has 0 aliphatic heterocycles. The molecule has 74 valence electrons. The molecule has 2 N–H and O–H groups in total. The number of hydrogen-bond acceptors (Lipinski definition) is 2. The molecule has 0 fully saturated rings. The van der Waals surface area contributed by atoms with E-state index < -0.39 is 17.9 Å². The molecule has 0 unspecified atom stereocenters. The van der Waals surface area contributed by atoms with Gasteiger partial charge in [0.2, 0.25) is 0 Å². The summed E-state index contributed by atoms with van der Waals surface area (Å²) in [5, 5.41) is 17.5.